The van der Waals surface area contributed by atoms with Gasteiger partial charge >= 0.3 is 5.97 Å². The molecule has 0 rings (SSSR count). The molecule has 0 aliphatic carbocycles. The Hall–Kier alpha value is -1.43. The summed E-state index contributed by atoms with van der Waals surface area (Å²) in [6.45, 7) is 0.221. The second kappa shape index (κ2) is 6.13. The summed E-state index contributed by atoms with van der Waals surface area (Å²) in [7, 11) is 4.74. The predicted molar refractivity (Wildman–Crippen MR) is 47.2 cm³/mol. The largest absolute Gasteiger partial charge is 0.465 e. The lowest BCUT2D eigenvalue weighted by molar-refractivity contribution is -0.132. The molecule has 0 saturated heterocycles. The minimum Gasteiger partial charge on any atom is -0.465 e. The van der Waals surface area contributed by atoms with Crippen LogP contribution in [0.4, 0.5) is 0 Å². The molecular weight excluding hydrogens is 174 g/mol. The van der Waals surface area contributed by atoms with Gasteiger partial charge < -0.3 is 9.64 Å². The minimum atomic E-state index is -0.606. The number of likely N-dealkylation sites (N-methyl/N-ethyl adjacent to an activating group) is 1. The molecule has 0 fully saturated rings. The van der Waals surface area contributed by atoms with Gasteiger partial charge in [-0.3, -0.25) is 4.79 Å². The molecule has 6 heteroatoms. The molecule has 13 heavy (non-hydrogen) atoms. The van der Waals surface area contributed by atoms with E-state index in [-0.39, 0.29) is 12.5 Å². The first-order chi connectivity index (χ1) is 6.06. The van der Waals surface area contributed by atoms with Crippen molar-refractivity contribution in [3.63, 3.8) is 0 Å². The number of nitrogens with zero attached hydrogens (tertiary/aromatic N) is 2. The zero-order valence-electron chi connectivity index (χ0n) is 7.90. The van der Waals surface area contributed by atoms with Crippen molar-refractivity contribution in [2.45, 2.75) is 0 Å². The molecule has 1 amide bonds. The Labute approximate surface area is 76.5 Å². The van der Waals surface area contributed by atoms with Crippen molar-refractivity contribution in [3.8, 4) is 0 Å². The molecular formula is C7H13N3O3. The summed E-state index contributed by atoms with van der Waals surface area (Å²) in [5.41, 5.74) is 2.17. The van der Waals surface area contributed by atoms with Crippen LogP contribution in [0.1, 0.15) is 0 Å². The number of hydrogen-bond donors (Lipinski definition) is 1. The normalized spacial score (nSPS) is 10.5. The van der Waals surface area contributed by atoms with E-state index < -0.39 is 5.97 Å². The van der Waals surface area contributed by atoms with Gasteiger partial charge in [-0.05, 0) is 14.1 Å². The monoisotopic (exact) mass is 187 g/mol. The molecule has 0 heterocycles. The van der Waals surface area contributed by atoms with Crippen LogP contribution in [0, 0.1) is 0 Å². The van der Waals surface area contributed by atoms with Crippen molar-refractivity contribution >= 4 is 18.1 Å². The van der Waals surface area contributed by atoms with Crippen LogP contribution in [0.25, 0.3) is 0 Å². The van der Waals surface area contributed by atoms with Gasteiger partial charge in [0.25, 0.3) is 5.91 Å². The van der Waals surface area contributed by atoms with Crippen molar-refractivity contribution in [3.05, 3.63) is 0 Å². The molecule has 6 nitrogen and oxygen atoms in total. The third kappa shape index (κ3) is 6.95. The Kier molecular flexibility index (Phi) is 5.45. The Bertz CT molecular complexity index is 213. The van der Waals surface area contributed by atoms with E-state index in [1.807, 2.05) is 0 Å². The highest BCUT2D eigenvalue weighted by Crippen LogP contribution is 1.74. The molecule has 0 aromatic rings. The standard InChI is InChI=1S/C7H13N3O3/c1-10(2)5-6(11)9-8-4-7(12)13-3/h4H,5H2,1-3H3,(H,9,11)/b8-4+. The Morgan fingerprint density at radius 1 is 1.54 bits per heavy atom. The number of ether oxygens (including phenoxy) is 1. The number of methoxy groups -OCH3 is 1. The maximum absolute atomic E-state index is 10.9. The van der Waals surface area contributed by atoms with Crippen molar-refractivity contribution in [2.24, 2.45) is 5.10 Å². The highest BCUT2D eigenvalue weighted by molar-refractivity contribution is 6.23. The van der Waals surface area contributed by atoms with Crippen molar-refractivity contribution in [2.75, 3.05) is 27.7 Å². The minimum absolute atomic E-state index is 0.221. The van der Waals surface area contributed by atoms with Crippen molar-refractivity contribution < 1.29 is 14.3 Å². The molecule has 0 aromatic carbocycles. The van der Waals surface area contributed by atoms with Gasteiger partial charge in [-0.1, -0.05) is 0 Å². The molecule has 0 aliphatic rings. The molecule has 0 saturated carbocycles. The molecule has 0 unspecified atom stereocenters. The molecule has 1 N–H and O–H groups in total. The number of hydrazone groups is 1. The van der Waals surface area contributed by atoms with Gasteiger partial charge in [-0.2, -0.15) is 5.10 Å². The van der Waals surface area contributed by atoms with Gasteiger partial charge in [0, 0.05) is 0 Å². The predicted octanol–water partition coefficient (Wildman–Crippen LogP) is -1.18. The maximum atomic E-state index is 10.9. The topological polar surface area (TPSA) is 71.0 Å². The Morgan fingerprint density at radius 2 is 2.15 bits per heavy atom. The lowest BCUT2D eigenvalue weighted by atomic mass is 10.6. The summed E-state index contributed by atoms with van der Waals surface area (Å²) in [6.07, 6.45) is 0.896. The van der Waals surface area contributed by atoms with Crippen LogP contribution < -0.4 is 5.43 Å². The van der Waals surface area contributed by atoms with Crippen LogP contribution in [0.2, 0.25) is 0 Å². The fourth-order valence-electron chi connectivity index (χ4n) is 0.532. The lowest BCUT2D eigenvalue weighted by Gasteiger charge is -2.06. The Balaban J connectivity index is 3.69. The molecule has 0 atom stereocenters. The second-order valence-electron chi connectivity index (χ2n) is 2.55. The molecule has 0 spiro atoms. The van der Waals surface area contributed by atoms with E-state index in [0.717, 1.165) is 6.21 Å². The fraction of sp³-hybridized carbons (Fsp3) is 0.571. The van der Waals surface area contributed by atoms with Crippen LogP contribution in [-0.4, -0.2) is 50.7 Å². The SMILES string of the molecule is COC(=O)/C=N/NC(=O)CN(C)C. The van der Waals surface area contributed by atoms with Gasteiger partial charge in [-0.15, -0.1) is 0 Å². The average molecular weight is 187 g/mol. The molecule has 0 aliphatic heterocycles. The first-order valence-corrected chi connectivity index (χ1v) is 3.61. The number of amides is 1. The van der Waals surface area contributed by atoms with Crippen LogP contribution in [0.15, 0.2) is 5.10 Å². The number of esters is 1. The summed E-state index contributed by atoms with van der Waals surface area (Å²) in [6, 6.07) is 0. The van der Waals surface area contributed by atoms with E-state index >= 15 is 0 Å². The van der Waals surface area contributed by atoms with E-state index in [9.17, 15) is 9.59 Å². The van der Waals surface area contributed by atoms with E-state index in [1.54, 1.807) is 19.0 Å². The average Bonchev–Trinajstić information content (AvgIpc) is 2.02. The molecule has 0 bridgehead atoms. The van der Waals surface area contributed by atoms with Crippen molar-refractivity contribution in [1.29, 1.82) is 0 Å². The zero-order chi connectivity index (χ0) is 10.3. The first-order valence-electron chi connectivity index (χ1n) is 3.61. The van der Waals surface area contributed by atoms with E-state index in [0.29, 0.717) is 0 Å². The number of carbonyl (C=O) groups is 2. The van der Waals surface area contributed by atoms with Crippen LogP contribution in [0.5, 0.6) is 0 Å². The van der Waals surface area contributed by atoms with Crippen LogP contribution in [-0.2, 0) is 14.3 Å². The summed E-state index contributed by atoms with van der Waals surface area (Å²) >= 11 is 0. The first kappa shape index (κ1) is 11.6. The zero-order valence-corrected chi connectivity index (χ0v) is 7.90. The number of hydrogen-bond acceptors (Lipinski definition) is 5. The quantitative estimate of drug-likeness (QED) is 0.342. The summed E-state index contributed by atoms with van der Waals surface area (Å²) < 4.78 is 4.26. The summed E-state index contributed by atoms with van der Waals surface area (Å²) in [5.74, 6) is -0.893. The van der Waals surface area contributed by atoms with E-state index in [2.05, 4.69) is 15.3 Å². The third-order valence-electron chi connectivity index (χ3n) is 1.02. The highest BCUT2D eigenvalue weighted by atomic mass is 16.5. The second-order valence-corrected chi connectivity index (χ2v) is 2.55. The Morgan fingerprint density at radius 3 is 2.62 bits per heavy atom. The number of carbonyl (C=O) groups excluding carboxylic acids is 2. The number of rotatable bonds is 4. The van der Waals surface area contributed by atoms with E-state index in [1.165, 1.54) is 7.11 Å². The van der Waals surface area contributed by atoms with Crippen LogP contribution in [0.3, 0.4) is 0 Å². The van der Waals surface area contributed by atoms with E-state index in [4.69, 9.17) is 0 Å². The molecule has 74 valence electrons. The van der Waals surface area contributed by atoms with Gasteiger partial charge in [0.15, 0.2) is 0 Å². The smallest absolute Gasteiger partial charge is 0.350 e. The van der Waals surface area contributed by atoms with Gasteiger partial charge in [-0.25, -0.2) is 10.2 Å². The number of nitrogens with one attached hydrogen (secondary N) is 1. The van der Waals surface area contributed by atoms with Gasteiger partial charge in [0.05, 0.1) is 13.7 Å². The third-order valence-corrected chi connectivity index (χ3v) is 1.02. The van der Waals surface area contributed by atoms with Crippen molar-refractivity contribution in [1.82, 2.24) is 10.3 Å². The fourth-order valence-corrected chi connectivity index (χ4v) is 0.532. The van der Waals surface area contributed by atoms with Gasteiger partial charge in [0.2, 0.25) is 0 Å². The summed E-state index contributed by atoms with van der Waals surface area (Å²) in [4.78, 5) is 23.1. The molecule has 0 aromatic heterocycles. The van der Waals surface area contributed by atoms with Gasteiger partial charge in [0.1, 0.15) is 6.21 Å². The summed E-state index contributed by atoms with van der Waals surface area (Å²) in [5, 5.41) is 3.37. The maximum Gasteiger partial charge on any atom is 0.350 e. The van der Waals surface area contributed by atoms with Crippen LogP contribution >= 0.6 is 0 Å². The lowest BCUT2D eigenvalue weighted by Crippen LogP contribution is -2.30. The highest BCUT2D eigenvalue weighted by Gasteiger charge is 2.00. The molecule has 0 radical (unpaired) electrons.